The van der Waals surface area contributed by atoms with Crippen LogP contribution in [0.4, 0.5) is 4.39 Å². The molecule has 20 heavy (non-hydrogen) atoms. The second kappa shape index (κ2) is 6.18. The highest BCUT2D eigenvalue weighted by Gasteiger charge is 2.17. The van der Waals surface area contributed by atoms with Crippen LogP contribution in [0.5, 0.6) is 0 Å². The van der Waals surface area contributed by atoms with Gasteiger partial charge in [-0.25, -0.2) is 4.39 Å². The van der Waals surface area contributed by atoms with Gasteiger partial charge in [0.25, 0.3) is 0 Å². The molecule has 0 aliphatic carbocycles. The van der Waals surface area contributed by atoms with E-state index < -0.39 is 0 Å². The average molecular weight is 275 g/mol. The van der Waals surface area contributed by atoms with Crippen LogP contribution in [-0.4, -0.2) is 16.3 Å². The Morgan fingerprint density at radius 3 is 2.70 bits per heavy atom. The molecule has 2 rings (SSSR count). The summed E-state index contributed by atoms with van der Waals surface area (Å²) < 4.78 is 15.3. The molecular weight excluding hydrogens is 253 g/mol. The van der Waals surface area contributed by atoms with Crippen LogP contribution in [0, 0.1) is 19.7 Å². The summed E-state index contributed by atoms with van der Waals surface area (Å²) in [7, 11) is 1.92. The van der Waals surface area contributed by atoms with Gasteiger partial charge in [0, 0.05) is 24.8 Å². The minimum Gasteiger partial charge on any atom is -0.310 e. The Hall–Kier alpha value is -1.68. The smallest absolute Gasteiger partial charge is 0.123 e. The minimum absolute atomic E-state index is 0.161. The van der Waals surface area contributed by atoms with Crippen LogP contribution in [0.2, 0.25) is 0 Å². The van der Waals surface area contributed by atoms with Crippen molar-refractivity contribution in [3.63, 3.8) is 0 Å². The van der Waals surface area contributed by atoms with Crippen molar-refractivity contribution in [2.45, 2.75) is 33.2 Å². The molecule has 0 saturated heterocycles. The molecule has 1 N–H and O–H groups in total. The van der Waals surface area contributed by atoms with Gasteiger partial charge in [0.15, 0.2) is 0 Å². The number of hydrogen-bond donors (Lipinski definition) is 1. The van der Waals surface area contributed by atoms with E-state index in [9.17, 15) is 4.39 Å². The lowest BCUT2D eigenvalue weighted by molar-refractivity contribution is 0.543. The van der Waals surface area contributed by atoms with Gasteiger partial charge in [-0.05, 0) is 50.1 Å². The molecule has 0 amide bonds. The summed E-state index contributed by atoms with van der Waals surface area (Å²) >= 11 is 0. The first-order valence-corrected chi connectivity index (χ1v) is 6.99. The Balaban J connectivity index is 2.30. The number of rotatable bonds is 5. The minimum atomic E-state index is -0.177. The van der Waals surface area contributed by atoms with Crippen LogP contribution in [0.3, 0.4) is 0 Å². The van der Waals surface area contributed by atoms with Crippen molar-refractivity contribution < 1.29 is 4.39 Å². The van der Waals surface area contributed by atoms with Gasteiger partial charge in [0.2, 0.25) is 0 Å². The number of nitrogens with zero attached hydrogens (tertiary/aromatic N) is 2. The summed E-state index contributed by atoms with van der Waals surface area (Å²) in [4.78, 5) is 0. The number of benzene rings is 1. The van der Waals surface area contributed by atoms with Gasteiger partial charge in [0.05, 0.1) is 5.69 Å². The van der Waals surface area contributed by atoms with E-state index in [0.29, 0.717) is 0 Å². The maximum Gasteiger partial charge on any atom is 0.123 e. The van der Waals surface area contributed by atoms with Crippen molar-refractivity contribution in [3.05, 3.63) is 52.6 Å². The monoisotopic (exact) mass is 275 g/mol. The largest absolute Gasteiger partial charge is 0.310 e. The van der Waals surface area contributed by atoms with Crippen LogP contribution < -0.4 is 5.32 Å². The Labute approximate surface area is 119 Å². The van der Waals surface area contributed by atoms with E-state index in [0.717, 1.165) is 29.8 Å². The fourth-order valence-corrected chi connectivity index (χ4v) is 2.58. The molecule has 2 aromatic rings. The molecule has 0 saturated carbocycles. The van der Waals surface area contributed by atoms with Gasteiger partial charge in [0.1, 0.15) is 5.82 Å². The summed E-state index contributed by atoms with van der Waals surface area (Å²) in [5.74, 6) is -0.177. The van der Waals surface area contributed by atoms with Crippen molar-refractivity contribution in [3.8, 4) is 0 Å². The number of hydrogen-bond acceptors (Lipinski definition) is 2. The zero-order valence-corrected chi connectivity index (χ0v) is 12.6. The lowest BCUT2D eigenvalue weighted by atomic mass is 9.96. The standard InChI is InChI=1S/C16H22FN3/c1-5-18-16(15-10-20(4)19-12(15)3)9-13-8-14(17)7-6-11(13)2/h6-8,10,16,18H,5,9H2,1-4H3. The molecule has 1 heterocycles. The molecule has 0 aliphatic heterocycles. The molecule has 0 spiro atoms. The van der Waals surface area contributed by atoms with Crippen LogP contribution in [0.1, 0.15) is 35.3 Å². The van der Waals surface area contributed by atoms with Crippen molar-refractivity contribution in [1.82, 2.24) is 15.1 Å². The molecule has 108 valence electrons. The topological polar surface area (TPSA) is 29.9 Å². The third-order valence-electron chi connectivity index (χ3n) is 3.61. The average Bonchev–Trinajstić information content (AvgIpc) is 2.72. The van der Waals surface area contributed by atoms with E-state index in [1.165, 1.54) is 11.6 Å². The Bertz CT molecular complexity index is 589. The fraction of sp³-hybridized carbons (Fsp3) is 0.438. The number of likely N-dealkylation sites (N-methyl/N-ethyl adjacent to an activating group) is 1. The van der Waals surface area contributed by atoms with Gasteiger partial charge in [-0.2, -0.15) is 5.10 Å². The molecule has 0 aliphatic rings. The summed E-state index contributed by atoms with van der Waals surface area (Å²) in [5.41, 5.74) is 4.36. The SMILES string of the molecule is CCNC(Cc1cc(F)ccc1C)c1cn(C)nc1C. The second-order valence-corrected chi connectivity index (χ2v) is 5.23. The molecule has 1 aromatic heterocycles. The van der Waals surface area contributed by atoms with Crippen LogP contribution >= 0.6 is 0 Å². The highest BCUT2D eigenvalue weighted by atomic mass is 19.1. The number of aromatic nitrogens is 2. The normalized spacial score (nSPS) is 12.7. The summed E-state index contributed by atoms with van der Waals surface area (Å²) in [5, 5.41) is 7.87. The maximum atomic E-state index is 13.4. The molecule has 0 bridgehead atoms. The highest BCUT2D eigenvalue weighted by Crippen LogP contribution is 2.23. The van der Waals surface area contributed by atoms with Gasteiger partial charge < -0.3 is 5.32 Å². The zero-order valence-electron chi connectivity index (χ0n) is 12.6. The van der Waals surface area contributed by atoms with E-state index >= 15 is 0 Å². The van der Waals surface area contributed by atoms with Gasteiger partial charge in [-0.1, -0.05) is 13.0 Å². The summed E-state index contributed by atoms with van der Waals surface area (Å²) in [6.45, 7) is 6.98. The van der Waals surface area contributed by atoms with Crippen molar-refractivity contribution in [1.29, 1.82) is 0 Å². The van der Waals surface area contributed by atoms with Crippen molar-refractivity contribution in [2.75, 3.05) is 6.54 Å². The van der Waals surface area contributed by atoms with E-state index in [4.69, 9.17) is 0 Å². The number of nitrogens with one attached hydrogen (secondary N) is 1. The molecule has 4 heteroatoms. The molecule has 0 radical (unpaired) electrons. The predicted molar refractivity (Wildman–Crippen MR) is 79.2 cm³/mol. The second-order valence-electron chi connectivity index (χ2n) is 5.23. The lowest BCUT2D eigenvalue weighted by Crippen LogP contribution is -2.23. The number of halogens is 1. The van der Waals surface area contributed by atoms with E-state index in [1.807, 2.05) is 37.8 Å². The zero-order chi connectivity index (χ0) is 14.7. The molecule has 1 aromatic carbocycles. The number of aryl methyl sites for hydroxylation is 3. The Morgan fingerprint density at radius 2 is 2.10 bits per heavy atom. The molecule has 3 nitrogen and oxygen atoms in total. The van der Waals surface area contributed by atoms with E-state index in [2.05, 4.69) is 17.3 Å². The van der Waals surface area contributed by atoms with Crippen molar-refractivity contribution >= 4 is 0 Å². The van der Waals surface area contributed by atoms with E-state index in [1.54, 1.807) is 6.07 Å². The highest BCUT2D eigenvalue weighted by molar-refractivity contribution is 5.30. The molecule has 1 atom stereocenters. The van der Waals surface area contributed by atoms with Crippen LogP contribution in [-0.2, 0) is 13.5 Å². The summed E-state index contributed by atoms with van der Waals surface area (Å²) in [6.07, 6.45) is 2.81. The quantitative estimate of drug-likeness (QED) is 0.909. The lowest BCUT2D eigenvalue weighted by Gasteiger charge is -2.19. The summed E-state index contributed by atoms with van der Waals surface area (Å²) in [6, 6.07) is 5.14. The third kappa shape index (κ3) is 3.25. The first-order chi connectivity index (χ1) is 9.51. The Morgan fingerprint density at radius 1 is 1.35 bits per heavy atom. The molecule has 1 unspecified atom stereocenters. The van der Waals surface area contributed by atoms with Gasteiger partial charge in [-0.3, -0.25) is 4.68 Å². The van der Waals surface area contributed by atoms with E-state index in [-0.39, 0.29) is 11.9 Å². The molecule has 0 fully saturated rings. The van der Waals surface area contributed by atoms with Crippen LogP contribution in [0.15, 0.2) is 24.4 Å². The maximum absolute atomic E-state index is 13.4. The Kier molecular flexibility index (Phi) is 4.55. The van der Waals surface area contributed by atoms with Crippen molar-refractivity contribution in [2.24, 2.45) is 7.05 Å². The van der Waals surface area contributed by atoms with Gasteiger partial charge in [-0.15, -0.1) is 0 Å². The first-order valence-electron chi connectivity index (χ1n) is 6.99. The van der Waals surface area contributed by atoms with Crippen LogP contribution in [0.25, 0.3) is 0 Å². The third-order valence-corrected chi connectivity index (χ3v) is 3.61. The fourth-order valence-electron chi connectivity index (χ4n) is 2.58. The van der Waals surface area contributed by atoms with Gasteiger partial charge >= 0.3 is 0 Å². The first kappa shape index (κ1) is 14.7. The molecular formula is C16H22FN3. The predicted octanol–water partition coefficient (Wildman–Crippen LogP) is 3.07.